The second-order valence-corrected chi connectivity index (χ2v) is 3.80. The summed E-state index contributed by atoms with van der Waals surface area (Å²) in [5.74, 6) is -1.54. The Kier molecular flexibility index (Phi) is 7.19. The van der Waals surface area contributed by atoms with Gasteiger partial charge in [-0.15, -0.1) is 0 Å². The van der Waals surface area contributed by atoms with Crippen molar-refractivity contribution in [2.24, 2.45) is 0 Å². The van der Waals surface area contributed by atoms with Crippen LogP contribution in [-0.2, 0) is 25.6 Å². The van der Waals surface area contributed by atoms with E-state index < -0.39 is 32.1 Å². The third-order valence-electron chi connectivity index (χ3n) is 2.57. The van der Waals surface area contributed by atoms with Crippen LogP contribution in [0.15, 0.2) is 30.3 Å². The molecule has 0 heterocycles. The first-order valence-corrected chi connectivity index (χ1v) is 5.90. The summed E-state index contributed by atoms with van der Waals surface area (Å²) in [7, 11) is 0. The number of nitrogens with zero attached hydrogens (tertiary/aromatic N) is 1. The number of carbonyl (C=O) groups is 1. The third-order valence-corrected chi connectivity index (χ3v) is 2.57. The number of carboxylic acid groups (broad SMARTS) is 1. The molecule has 0 aliphatic rings. The maximum Gasteiger partial charge on any atom is 0.356 e. The van der Waals surface area contributed by atoms with E-state index in [9.17, 15) is 9.90 Å². The van der Waals surface area contributed by atoms with Gasteiger partial charge in [-0.3, -0.25) is 0 Å². The number of carboxylic acids is 1. The van der Waals surface area contributed by atoms with Crippen LogP contribution in [0.1, 0.15) is 5.56 Å². The molecule has 1 aromatic rings. The van der Waals surface area contributed by atoms with E-state index in [-0.39, 0.29) is 6.42 Å². The number of benzene rings is 1. The molecular weight excluding hydrogens is 286 g/mol. The quantitative estimate of drug-likeness (QED) is 0.319. The number of hydroxylamine groups is 2. The van der Waals surface area contributed by atoms with E-state index in [1.807, 2.05) is 0 Å². The first kappa shape index (κ1) is 17.5. The number of aliphatic hydroxyl groups excluding tert-OH is 3. The van der Waals surface area contributed by atoms with Gasteiger partial charge in [-0.1, -0.05) is 30.3 Å². The van der Waals surface area contributed by atoms with Crippen molar-refractivity contribution in [3.63, 3.8) is 0 Å². The van der Waals surface area contributed by atoms with E-state index in [1.165, 1.54) is 0 Å². The van der Waals surface area contributed by atoms with Crippen LogP contribution in [0.5, 0.6) is 0 Å². The molecule has 118 valence electrons. The van der Waals surface area contributed by atoms with Gasteiger partial charge in [0.15, 0.2) is 13.6 Å². The predicted molar refractivity (Wildman–Crippen MR) is 66.9 cm³/mol. The lowest BCUT2D eigenvalue weighted by molar-refractivity contribution is -0.477. The monoisotopic (exact) mass is 303 g/mol. The highest BCUT2D eigenvalue weighted by molar-refractivity contribution is 5.77. The molecule has 0 spiro atoms. The van der Waals surface area contributed by atoms with E-state index in [4.69, 9.17) is 20.1 Å². The molecule has 0 aromatic heterocycles. The zero-order valence-electron chi connectivity index (χ0n) is 11.1. The molecule has 0 bridgehead atoms. The first-order chi connectivity index (χ1) is 10.1. The molecule has 4 N–H and O–H groups in total. The van der Waals surface area contributed by atoms with E-state index in [0.29, 0.717) is 10.8 Å². The van der Waals surface area contributed by atoms with Crippen molar-refractivity contribution in [3.05, 3.63) is 35.9 Å². The molecule has 0 amide bonds. The minimum Gasteiger partial charge on any atom is -0.478 e. The molecule has 1 rings (SSSR count). The highest BCUT2D eigenvalue weighted by atomic mass is 17.0. The van der Waals surface area contributed by atoms with Gasteiger partial charge in [0.25, 0.3) is 5.72 Å². The minimum absolute atomic E-state index is 0.274. The number of hydrogen-bond acceptors (Lipinski definition) is 8. The Hall–Kier alpha value is -1.59. The van der Waals surface area contributed by atoms with Gasteiger partial charge < -0.3 is 25.2 Å². The summed E-state index contributed by atoms with van der Waals surface area (Å²) >= 11 is 0. The van der Waals surface area contributed by atoms with Gasteiger partial charge in [-0.05, 0) is 10.8 Å². The van der Waals surface area contributed by atoms with E-state index >= 15 is 0 Å². The number of aliphatic carboxylic acids is 1. The Morgan fingerprint density at radius 3 is 2.05 bits per heavy atom. The van der Waals surface area contributed by atoms with Gasteiger partial charge in [0, 0.05) is 6.42 Å². The Morgan fingerprint density at radius 1 is 1.05 bits per heavy atom. The van der Waals surface area contributed by atoms with Crippen molar-refractivity contribution in [3.8, 4) is 0 Å². The second-order valence-electron chi connectivity index (χ2n) is 3.80. The average Bonchev–Trinajstić information content (AvgIpc) is 2.47. The molecule has 0 unspecified atom stereocenters. The van der Waals surface area contributed by atoms with Crippen LogP contribution in [0.2, 0.25) is 0 Å². The average molecular weight is 303 g/mol. The predicted octanol–water partition coefficient (Wildman–Crippen LogP) is -0.959. The fourth-order valence-electron chi connectivity index (χ4n) is 1.71. The summed E-state index contributed by atoms with van der Waals surface area (Å²) < 4.78 is 4.87. The largest absolute Gasteiger partial charge is 0.478 e. The number of aliphatic hydroxyl groups is 3. The van der Waals surface area contributed by atoms with Gasteiger partial charge in [-0.25, -0.2) is 14.5 Å². The minimum atomic E-state index is -2.29. The molecular formula is C12H17NO8. The van der Waals surface area contributed by atoms with Crippen LogP contribution in [-0.4, -0.2) is 57.7 Å². The number of rotatable bonds is 10. The fourth-order valence-corrected chi connectivity index (χ4v) is 1.71. The molecule has 1 atom stereocenters. The second kappa shape index (κ2) is 8.64. The van der Waals surface area contributed by atoms with Gasteiger partial charge in [-0.2, -0.15) is 0 Å². The summed E-state index contributed by atoms with van der Waals surface area (Å²) in [5, 5.41) is 36.3. The summed E-state index contributed by atoms with van der Waals surface area (Å²) in [6.07, 6.45) is -0.274. The molecule has 1 aromatic carbocycles. The molecule has 0 saturated carbocycles. The number of ether oxygens (including phenoxy) is 1. The van der Waals surface area contributed by atoms with Gasteiger partial charge in [0.2, 0.25) is 0 Å². The van der Waals surface area contributed by atoms with Crippen LogP contribution in [0, 0.1) is 0 Å². The molecule has 21 heavy (non-hydrogen) atoms. The molecule has 0 saturated heterocycles. The fraction of sp³-hybridized carbons (Fsp3) is 0.417. The molecule has 0 fully saturated rings. The molecule has 0 radical (unpaired) electrons. The summed E-state index contributed by atoms with van der Waals surface area (Å²) in [6, 6.07) is 8.38. The normalized spacial score (nSPS) is 14.1. The van der Waals surface area contributed by atoms with Gasteiger partial charge in [0.1, 0.15) is 6.79 Å². The van der Waals surface area contributed by atoms with E-state index in [0.717, 1.165) is 0 Å². The topological polar surface area (TPSA) is 129 Å². The molecule has 0 aliphatic heterocycles. The van der Waals surface area contributed by atoms with Gasteiger partial charge >= 0.3 is 5.97 Å². The Balaban J connectivity index is 3.15. The Bertz CT molecular complexity index is 423. The maximum absolute atomic E-state index is 11.6. The molecule has 9 nitrogen and oxygen atoms in total. The third kappa shape index (κ3) is 4.44. The van der Waals surface area contributed by atoms with Crippen LogP contribution in [0.3, 0.4) is 0 Å². The van der Waals surface area contributed by atoms with E-state index in [1.54, 1.807) is 30.3 Å². The first-order valence-electron chi connectivity index (χ1n) is 5.90. The van der Waals surface area contributed by atoms with Crippen molar-refractivity contribution in [1.29, 1.82) is 0 Å². The Labute approximate surface area is 120 Å². The number of hydrogen-bond donors (Lipinski definition) is 4. The van der Waals surface area contributed by atoms with Crippen molar-refractivity contribution in [2.45, 2.75) is 12.1 Å². The van der Waals surface area contributed by atoms with Crippen molar-refractivity contribution < 1.29 is 39.6 Å². The highest BCUT2D eigenvalue weighted by Crippen LogP contribution is 2.24. The molecule has 9 heteroatoms. The summed E-state index contributed by atoms with van der Waals surface area (Å²) in [5.41, 5.74) is -1.75. The van der Waals surface area contributed by atoms with Crippen LogP contribution >= 0.6 is 0 Å². The van der Waals surface area contributed by atoms with Crippen LogP contribution in [0.25, 0.3) is 0 Å². The lowest BCUT2D eigenvalue weighted by Gasteiger charge is -2.36. The summed E-state index contributed by atoms with van der Waals surface area (Å²) in [6.45, 7) is -2.78. The lowest BCUT2D eigenvalue weighted by Crippen LogP contribution is -2.58. The summed E-state index contributed by atoms with van der Waals surface area (Å²) in [4.78, 5) is 20.9. The Morgan fingerprint density at radius 2 is 1.62 bits per heavy atom. The van der Waals surface area contributed by atoms with Crippen molar-refractivity contribution in [1.82, 2.24) is 5.23 Å². The van der Waals surface area contributed by atoms with Crippen molar-refractivity contribution in [2.75, 3.05) is 20.4 Å². The maximum atomic E-state index is 11.6. The zero-order chi connectivity index (χ0) is 15.7. The highest BCUT2D eigenvalue weighted by Gasteiger charge is 2.49. The SMILES string of the molecule is O=C(O)[C@@](Cc1ccccc1)(OCO)N(OCO)OCO. The van der Waals surface area contributed by atoms with Gasteiger partial charge in [0.05, 0.1) is 0 Å². The van der Waals surface area contributed by atoms with Crippen LogP contribution in [0.4, 0.5) is 0 Å². The smallest absolute Gasteiger partial charge is 0.356 e. The molecule has 0 aliphatic carbocycles. The van der Waals surface area contributed by atoms with E-state index in [2.05, 4.69) is 9.68 Å². The van der Waals surface area contributed by atoms with Crippen molar-refractivity contribution >= 4 is 5.97 Å². The van der Waals surface area contributed by atoms with Crippen LogP contribution < -0.4 is 0 Å². The zero-order valence-corrected chi connectivity index (χ0v) is 11.1. The standard InChI is InChI=1S/C12H17NO8/c14-7-19-12(11(17)18,13(20-8-15)21-9-16)6-10-4-2-1-3-5-10/h1-5,14-16H,6-9H2,(H,17,18)/t12-/m1/s1. The lowest BCUT2D eigenvalue weighted by atomic mass is 10.0.